The van der Waals surface area contributed by atoms with Crippen LogP contribution in [0.25, 0.3) is 0 Å². The first-order valence-electron chi connectivity index (χ1n) is 32.1. The summed E-state index contributed by atoms with van der Waals surface area (Å²) in [5.41, 5.74) is 0. The zero-order valence-electron chi connectivity index (χ0n) is 57.9. The molecule has 0 aliphatic carbocycles. The van der Waals surface area contributed by atoms with Gasteiger partial charge < -0.3 is 75.6 Å². The molecule has 11 amide bonds. The molecule has 2 fully saturated rings. The molecule has 0 spiro atoms. The Labute approximate surface area is 535 Å². The van der Waals surface area contributed by atoms with Crippen LogP contribution in [0.1, 0.15) is 149 Å². The zero-order valence-corrected chi connectivity index (χ0v) is 57.9. The highest BCUT2D eigenvalue weighted by Gasteiger charge is 2.49. The van der Waals surface area contributed by atoms with E-state index in [9.17, 15) is 44.1 Å². The van der Waals surface area contributed by atoms with Gasteiger partial charge in [0.2, 0.25) is 65.0 Å². The minimum Gasteiger partial charge on any atom is -0.394 e. The molecule has 90 heavy (non-hydrogen) atoms. The molecule has 2 unspecified atom stereocenters. The van der Waals surface area contributed by atoms with Crippen LogP contribution in [-0.4, -0.2) is 261 Å². The molecule has 0 aromatic carbocycles. The van der Waals surface area contributed by atoms with E-state index in [1.807, 2.05) is 41.5 Å². The topological polar surface area (TPSA) is 328 Å². The van der Waals surface area contributed by atoms with E-state index < -0.39 is 174 Å². The van der Waals surface area contributed by atoms with Crippen molar-refractivity contribution < 1.29 is 72.8 Å². The first kappa shape index (κ1) is 79.8. The smallest absolute Gasteiger partial charge is 0.246 e. The molecule has 26 heteroatoms. The van der Waals surface area contributed by atoms with Crippen LogP contribution in [0.4, 0.5) is 0 Å². The fourth-order valence-corrected chi connectivity index (χ4v) is 11.9. The lowest BCUT2D eigenvalue weighted by Gasteiger charge is -2.41. The van der Waals surface area contributed by atoms with E-state index in [0.29, 0.717) is 0 Å². The Bertz CT molecular complexity index is 2490. The second-order valence-corrected chi connectivity index (χ2v) is 26.8. The molecule has 2 aliphatic rings. The standard InChI is InChI=1S/C64H113N11O15/c1-23-25-26-39(13)53(78)52-57(82)67-44(24-2)59(84)75-33-43(90-28-27-76)32-48(75)62(87)73(21)51(42(16)77)56(81)68-49(37(9)10)63(88)69(17)45(29-34(3)4)55(80)65-40(14)54(79)66-41(15)58(83)70(18)46(30-35(5)6)60(85)71(19)47(31-36(7)8)61(86)72(20)50(38(11)12)64(89)74(52)22/h23,25,34-53,76-78H,24,26-33H2,1-22H3,(H,65,80)(H,66,79)(H,67,82)(H,68,81)/b25-23+/t39-,40+,41-,42-,43?,44+,45+,46+,47+,48-,49+,50+,51?,52+,53-/m1/s1. The summed E-state index contributed by atoms with van der Waals surface area (Å²) in [4.78, 5) is 171. The average Bonchev–Trinajstić information content (AvgIpc) is 1.57. The molecular formula is C64H113N11O15. The number of ether oxygens (including phenoxy) is 1. The molecule has 2 saturated heterocycles. The highest BCUT2D eigenvalue weighted by molar-refractivity contribution is 6.00. The molecule has 0 radical (unpaired) electrons. The predicted molar refractivity (Wildman–Crippen MR) is 340 cm³/mol. The third-order valence-electron chi connectivity index (χ3n) is 17.2. The van der Waals surface area contributed by atoms with Crippen molar-refractivity contribution in [2.24, 2.45) is 35.5 Å². The number of fused-ring (bicyclic) bond motifs is 1. The molecule has 0 bridgehead atoms. The number of aliphatic hydroxyl groups is 3. The number of carbonyl (C=O) groups is 11. The summed E-state index contributed by atoms with van der Waals surface area (Å²) in [6.45, 7) is 26.2. The number of hydrogen-bond acceptors (Lipinski definition) is 15. The van der Waals surface area contributed by atoms with E-state index >= 15 is 24.0 Å². The van der Waals surface area contributed by atoms with Gasteiger partial charge >= 0.3 is 0 Å². The first-order valence-corrected chi connectivity index (χ1v) is 32.1. The second-order valence-electron chi connectivity index (χ2n) is 26.8. The summed E-state index contributed by atoms with van der Waals surface area (Å²) in [6.07, 6.45) is -0.0468. The van der Waals surface area contributed by atoms with Crippen molar-refractivity contribution in [1.29, 1.82) is 0 Å². The van der Waals surface area contributed by atoms with Crippen LogP contribution in [0.2, 0.25) is 0 Å². The molecule has 2 aliphatic heterocycles. The number of likely N-dealkylation sites (N-methyl/N-ethyl adjacent to an activating group) is 6. The number of nitrogens with zero attached hydrogens (tertiary/aromatic N) is 7. The molecule has 0 saturated carbocycles. The lowest BCUT2D eigenvalue weighted by molar-refractivity contribution is -0.157. The zero-order chi connectivity index (χ0) is 69.3. The fourth-order valence-electron chi connectivity index (χ4n) is 11.9. The number of amides is 11. The molecule has 0 aromatic rings. The van der Waals surface area contributed by atoms with Gasteiger partial charge in [-0.05, 0) is 95.3 Å². The Morgan fingerprint density at radius 2 is 0.989 bits per heavy atom. The van der Waals surface area contributed by atoms with Crippen molar-refractivity contribution in [2.45, 2.75) is 234 Å². The van der Waals surface area contributed by atoms with Crippen molar-refractivity contribution in [3.8, 4) is 0 Å². The molecule has 15 atom stereocenters. The molecule has 0 aromatic heterocycles. The molecule has 26 nitrogen and oxygen atoms in total. The average molecular weight is 1280 g/mol. The summed E-state index contributed by atoms with van der Waals surface area (Å²) < 4.78 is 5.87. The van der Waals surface area contributed by atoms with Crippen molar-refractivity contribution in [1.82, 2.24) is 55.6 Å². The van der Waals surface area contributed by atoms with Gasteiger partial charge in [-0.3, -0.25) is 52.7 Å². The van der Waals surface area contributed by atoms with Crippen molar-refractivity contribution in [3.05, 3.63) is 12.2 Å². The van der Waals surface area contributed by atoms with Crippen LogP contribution in [0, 0.1) is 35.5 Å². The predicted octanol–water partition coefficient (Wildman–Crippen LogP) is 1.12. The number of nitrogens with one attached hydrogen (secondary N) is 4. The third kappa shape index (κ3) is 20.9. The first-order chi connectivity index (χ1) is 41.7. The Kier molecular flexibility index (Phi) is 32.0. The van der Waals surface area contributed by atoms with E-state index in [1.54, 1.807) is 60.6 Å². The molecule has 2 heterocycles. The van der Waals surface area contributed by atoms with Gasteiger partial charge in [-0.2, -0.15) is 0 Å². The molecular weight excluding hydrogens is 1160 g/mol. The second kappa shape index (κ2) is 36.1. The molecule has 514 valence electrons. The Morgan fingerprint density at radius 1 is 0.522 bits per heavy atom. The number of rotatable bonds is 17. The summed E-state index contributed by atoms with van der Waals surface area (Å²) in [7, 11) is 8.23. The lowest BCUT2D eigenvalue weighted by Crippen LogP contribution is -2.64. The van der Waals surface area contributed by atoms with Gasteiger partial charge in [0.05, 0.1) is 31.5 Å². The maximum Gasteiger partial charge on any atom is 0.246 e. The summed E-state index contributed by atoms with van der Waals surface area (Å²) in [6, 6.07) is -14.9. The minimum atomic E-state index is -1.69. The minimum absolute atomic E-state index is 0.0730. The van der Waals surface area contributed by atoms with Crippen molar-refractivity contribution >= 4 is 65.0 Å². The number of hydrogen-bond donors (Lipinski definition) is 7. The van der Waals surface area contributed by atoms with Crippen LogP contribution in [-0.2, 0) is 57.5 Å². The monoisotopic (exact) mass is 1280 g/mol. The van der Waals surface area contributed by atoms with Crippen molar-refractivity contribution in [3.63, 3.8) is 0 Å². The number of carbonyl (C=O) groups excluding carboxylic acids is 11. The van der Waals surface area contributed by atoms with Crippen LogP contribution in [0.3, 0.4) is 0 Å². The highest BCUT2D eigenvalue weighted by Crippen LogP contribution is 2.28. The van der Waals surface area contributed by atoms with E-state index in [1.165, 1.54) is 82.7 Å². The highest BCUT2D eigenvalue weighted by atomic mass is 16.5. The molecule has 2 rings (SSSR count). The third-order valence-corrected chi connectivity index (χ3v) is 17.2. The van der Waals surface area contributed by atoms with Gasteiger partial charge in [0.1, 0.15) is 66.5 Å². The van der Waals surface area contributed by atoms with E-state index in [2.05, 4.69) is 21.3 Å². The normalized spacial score (nSPS) is 28.6. The van der Waals surface area contributed by atoms with E-state index in [0.717, 1.165) is 14.7 Å². The largest absolute Gasteiger partial charge is 0.394 e. The Balaban J connectivity index is 3.07. The maximum atomic E-state index is 15.3. The Hall–Kier alpha value is -6.25. The SMILES string of the molecule is C/C=C/C[C@@H](C)[C@@H](O)[C@H]1C(=O)N[C@@H](CC)C(=O)N2CC(OCCO)C[C@@H]2C(=O)N(C)C([C@@H](C)O)C(=O)N[C@@H](C(C)C)C(=O)N(C)[C@@H](CC(C)C)C(=O)N[C@@H](C)C(=O)N[C@H](C)C(=O)N(C)[C@@H](CC(C)C)C(=O)N(C)[C@@H](CC(C)C)C(=O)N(C)[C@@H](C(C)C)C(=O)N1C. The van der Waals surface area contributed by atoms with Gasteiger partial charge in [-0.15, -0.1) is 0 Å². The number of aliphatic hydroxyl groups excluding tert-OH is 3. The van der Waals surface area contributed by atoms with Crippen LogP contribution >= 0.6 is 0 Å². The van der Waals surface area contributed by atoms with Gasteiger partial charge in [0.25, 0.3) is 0 Å². The van der Waals surface area contributed by atoms with Crippen LogP contribution < -0.4 is 21.3 Å². The lowest BCUT2D eigenvalue weighted by atomic mass is 9.91. The summed E-state index contributed by atoms with van der Waals surface area (Å²) in [5, 5.41) is 44.1. The van der Waals surface area contributed by atoms with Gasteiger partial charge in [0.15, 0.2) is 0 Å². The van der Waals surface area contributed by atoms with Crippen LogP contribution in [0.15, 0.2) is 12.2 Å². The summed E-state index contributed by atoms with van der Waals surface area (Å²) in [5.74, 6) is -10.9. The van der Waals surface area contributed by atoms with E-state index in [-0.39, 0.29) is 69.4 Å². The van der Waals surface area contributed by atoms with Crippen molar-refractivity contribution in [2.75, 3.05) is 62.0 Å². The van der Waals surface area contributed by atoms with E-state index in [4.69, 9.17) is 4.74 Å². The summed E-state index contributed by atoms with van der Waals surface area (Å²) >= 11 is 0. The van der Waals surface area contributed by atoms with Gasteiger partial charge in [0, 0.05) is 55.3 Å². The van der Waals surface area contributed by atoms with Gasteiger partial charge in [-0.25, -0.2) is 0 Å². The maximum absolute atomic E-state index is 15.3. The van der Waals surface area contributed by atoms with Gasteiger partial charge in [-0.1, -0.05) is 95.2 Å². The number of allylic oxidation sites excluding steroid dienone is 2. The molecule has 7 N–H and O–H groups in total. The quantitative estimate of drug-likeness (QED) is 0.100. The van der Waals surface area contributed by atoms with Crippen LogP contribution in [0.5, 0.6) is 0 Å². The fraction of sp³-hybridized carbons (Fsp3) is 0.797. The Morgan fingerprint density at radius 3 is 1.47 bits per heavy atom.